The minimum absolute atomic E-state index is 0.371. The number of nitrogens with one attached hydrogen (secondary N) is 1. The fraction of sp³-hybridized carbons (Fsp3) is 0.467. The van der Waals surface area contributed by atoms with Gasteiger partial charge in [0.2, 0.25) is 0 Å². The second kappa shape index (κ2) is 5.00. The van der Waals surface area contributed by atoms with E-state index in [1.807, 2.05) is 18.5 Å². The minimum atomic E-state index is -1.55. The van der Waals surface area contributed by atoms with Crippen LogP contribution in [0.1, 0.15) is 18.7 Å². The van der Waals surface area contributed by atoms with Crippen LogP contribution in [0.15, 0.2) is 24.8 Å². The third-order valence-electron chi connectivity index (χ3n) is 4.55. The van der Waals surface area contributed by atoms with Crippen molar-refractivity contribution in [3.63, 3.8) is 0 Å². The van der Waals surface area contributed by atoms with E-state index >= 15 is 0 Å². The Hall–Kier alpha value is -2.00. The molecule has 1 fully saturated rings. The van der Waals surface area contributed by atoms with Crippen LogP contribution in [-0.2, 0) is 11.2 Å². The highest BCUT2D eigenvalue weighted by atomic mass is 16.6. The zero-order valence-corrected chi connectivity index (χ0v) is 12.5. The van der Waals surface area contributed by atoms with E-state index < -0.39 is 24.0 Å². The first-order valence-electron chi connectivity index (χ1n) is 7.46. The molecule has 0 saturated carbocycles. The molecule has 23 heavy (non-hydrogen) atoms. The van der Waals surface area contributed by atoms with E-state index in [-0.39, 0.29) is 6.61 Å². The molecule has 2 aromatic heterocycles. The van der Waals surface area contributed by atoms with Gasteiger partial charge in [-0.15, -0.1) is 0 Å². The largest absolute Gasteiger partial charge is 0.394 e. The minimum Gasteiger partial charge on any atom is -0.394 e. The molecule has 122 valence electrons. The van der Waals surface area contributed by atoms with Crippen LogP contribution in [0.4, 0.5) is 5.82 Å². The quantitative estimate of drug-likeness (QED) is 0.612. The lowest BCUT2D eigenvalue weighted by atomic mass is 9.96. The number of aromatic nitrogens is 3. The second-order valence-corrected chi connectivity index (χ2v) is 6.11. The van der Waals surface area contributed by atoms with E-state index in [0.29, 0.717) is 17.9 Å². The first-order chi connectivity index (χ1) is 11.0. The smallest absolute Gasteiger partial charge is 0.167 e. The Balaban J connectivity index is 1.88. The molecule has 0 amide bonds. The van der Waals surface area contributed by atoms with E-state index in [1.165, 1.54) is 13.3 Å². The number of allylic oxidation sites excluding steroid dienone is 1. The SMILES string of the molecule is C[C@@]1(O)C(n2cc3c4c(ncnc42)NC=CC3)OC(CO)[C@H]1O. The highest BCUT2D eigenvalue weighted by Crippen LogP contribution is 2.41. The van der Waals surface area contributed by atoms with Gasteiger partial charge < -0.3 is 29.9 Å². The zero-order valence-electron chi connectivity index (χ0n) is 12.5. The van der Waals surface area contributed by atoms with Crippen molar-refractivity contribution >= 4 is 16.9 Å². The Morgan fingerprint density at radius 1 is 1.48 bits per heavy atom. The first-order valence-corrected chi connectivity index (χ1v) is 7.46. The fourth-order valence-corrected chi connectivity index (χ4v) is 3.32. The van der Waals surface area contributed by atoms with Gasteiger partial charge in [-0.25, -0.2) is 9.97 Å². The number of aliphatic hydroxyl groups is 3. The summed E-state index contributed by atoms with van der Waals surface area (Å²) >= 11 is 0. The summed E-state index contributed by atoms with van der Waals surface area (Å²) in [5.74, 6) is 0.689. The van der Waals surface area contributed by atoms with Gasteiger partial charge in [0, 0.05) is 6.20 Å². The summed E-state index contributed by atoms with van der Waals surface area (Å²) in [6, 6.07) is 0. The Bertz CT molecular complexity index is 785. The lowest BCUT2D eigenvalue weighted by molar-refractivity contribution is -0.0948. The predicted molar refractivity (Wildman–Crippen MR) is 81.6 cm³/mol. The van der Waals surface area contributed by atoms with Gasteiger partial charge in [-0.05, 0) is 25.1 Å². The molecule has 4 rings (SSSR count). The van der Waals surface area contributed by atoms with Crippen molar-refractivity contribution in [2.75, 3.05) is 11.9 Å². The number of rotatable bonds is 2. The Morgan fingerprint density at radius 3 is 3.04 bits per heavy atom. The van der Waals surface area contributed by atoms with Crippen LogP contribution in [0.2, 0.25) is 0 Å². The second-order valence-electron chi connectivity index (χ2n) is 6.11. The molecule has 1 saturated heterocycles. The molecule has 2 aromatic rings. The lowest BCUT2D eigenvalue weighted by Crippen LogP contribution is -2.44. The van der Waals surface area contributed by atoms with Crippen LogP contribution in [-0.4, -0.2) is 54.3 Å². The summed E-state index contributed by atoms with van der Waals surface area (Å²) in [6.07, 6.45) is 4.91. The van der Waals surface area contributed by atoms with Crippen LogP contribution >= 0.6 is 0 Å². The Kier molecular flexibility index (Phi) is 3.17. The third kappa shape index (κ3) is 1.99. The van der Waals surface area contributed by atoms with Crippen LogP contribution in [0.5, 0.6) is 0 Å². The molecule has 0 bridgehead atoms. The van der Waals surface area contributed by atoms with Crippen LogP contribution < -0.4 is 5.32 Å². The van der Waals surface area contributed by atoms with Gasteiger partial charge in [-0.2, -0.15) is 0 Å². The average molecular weight is 318 g/mol. The van der Waals surface area contributed by atoms with Crippen molar-refractivity contribution in [2.24, 2.45) is 0 Å². The molecule has 8 heteroatoms. The standard InChI is InChI=1S/C15H18N4O4/c1-15(22)11(21)9(6-20)23-14(15)19-5-8-3-2-4-16-12-10(8)13(19)18-7-17-12/h2,4-5,7,9,11,14,20-22H,3,6H2,1H3,(H,16,17,18)/t9?,11-,14?,15+/m1/s1. The maximum Gasteiger partial charge on any atom is 0.167 e. The molecule has 4 N–H and O–H groups in total. The van der Waals surface area contributed by atoms with E-state index in [2.05, 4.69) is 15.3 Å². The molecule has 2 aliphatic rings. The van der Waals surface area contributed by atoms with Crippen molar-refractivity contribution in [1.82, 2.24) is 14.5 Å². The number of anilines is 1. The van der Waals surface area contributed by atoms with Gasteiger partial charge in [-0.3, -0.25) is 0 Å². The maximum absolute atomic E-state index is 10.7. The van der Waals surface area contributed by atoms with Crippen molar-refractivity contribution in [1.29, 1.82) is 0 Å². The number of hydrogen-bond donors (Lipinski definition) is 4. The van der Waals surface area contributed by atoms with E-state index in [9.17, 15) is 15.3 Å². The molecule has 8 nitrogen and oxygen atoms in total. The number of aliphatic hydroxyl groups excluding tert-OH is 2. The fourth-order valence-electron chi connectivity index (χ4n) is 3.32. The number of hydrogen-bond acceptors (Lipinski definition) is 7. The zero-order chi connectivity index (χ0) is 16.2. The molecular formula is C15H18N4O4. The summed E-state index contributed by atoms with van der Waals surface area (Å²) in [6.45, 7) is 1.13. The molecule has 0 radical (unpaired) electrons. The lowest BCUT2D eigenvalue weighted by Gasteiger charge is -2.27. The Morgan fingerprint density at radius 2 is 2.30 bits per heavy atom. The van der Waals surface area contributed by atoms with Gasteiger partial charge in [0.15, 0.2) is 6.23 Å². The van der Waals surface area contributed by atoms with Crippen LogP contribution in [0.3, 0.4) is 0 Å². The summed E-state index contributed by atoms with van der Waals surface area (Å²) < 4.78 is 7.40. The number of nitrogens with zero attached hydrogens (tertiary/aromatic N) is 3. The van der Waals surface area contributed by atoms with Crippen molar-refractivity contribution in [3.05, 3.63) is 30.4 Å². The van der Waals surface area contributed by atoms with Gasteiger partial charge in [0.05, 0.1) is 12.0 Å². The molecular weight excluding hydrogens is 300 g/mol. The maximum atomic E-state index is 10.7. The summed E-state index contributed by atoms with van der Waals surface area (Å²) in [5.41, 5.74) is 0.0604. The van der Waals surface area contributed by atoms with Gasteiger partial charge in [0.1, 0.15) is 35.6 Å². The molecule has 0 aliphatic carbocycles. The molecule has 0 spiro atoms. The monoisotopic (exact) mass is 318 g/mol. The molecule has 0 aromatic carbocycles. The molecule has 4 atom stereocenters. The molecule has 2 aliphatic heterocycles. The van der Waals surface area contributed by atoms with E-state index in [4.69, 9.17) is 4.74 Å². The highest BCUT2D eigenvalue weighted by molar-refractivity contribution is 5.92. The van der Waals surface area contributed by atoms with Crippen molar-refractivity contribution < 1.29 is 20.1 Å². The number of ether oxygens (including phenoxy) is 1. The first kappa shape index (κ1) is 14.6. The molecule has 2 unspecified atom stereocenters. The van der Waals surface area contributed by atoms with Gasteiger partial charge in [0.25, 0.3) is 0 Å². The summed E-state index contributed by atoms with van der Waals surface area (Å²) in [4.78, 5) is 8.56. The third-order valence-corrected chi connectivity index (χ3v) is 4.55. The van der Waals surface area contributed by atoms with Crippen LogP contribution in [0, 0.1) is 0 Å². The van der Waals surface area contributed by atoms with E-state index in [0.717, 1.165) is 10.9 Å². The topological polar surface area (TPSA) is 113 Å². The van der Waals surface area contributed by atoms with Crippen LogP contribution in [0.25, 0.3) is 11.0 Å². The summed E-state index contributed by atoms with van der Waals surface area (Å²) in [7, 11) is 0. The van der Waals surface area contributed by atoms with Gasteiger partial charge in [-0.1, -0.05) is 6.08 Å². The average Bonchev–Trinajstić information content (AvgIpc) is 2.90. The molecule has 4 heterocycles. The predicted octanol–water partition coefficient (Wildman–Crippen LogP) is -0.0854. The normalized spacial score (nSPS) is 33.0. The Labute approximate surface area is 132 Å². The summed E-state index contributed by atoms with van der Waals surface area (Å²) in [5, 5.41) is 34.2. The highest BCUT2D eigenvalue weighted by Gasteiger charge is 2.53. The van der Waals surface area contributed by atoms with Crippen molar-refractivity contribution in [3.8, 4) is 0 Å². The van der Waals surface area contributed by atoms with Gasteiger partial charge >= 0.3 is 0 Å². The van der Waals surface area contributed by atoms with E-state index in [1.54, 1.807) is 4.57 Å². The van der Waals surface area contributed by atoms with Crippen molar-refractivity contribution in [2.45, 2.75) is 37.4 Å².